The lowest BCUT2D eigenvalue weighted by atomic mass is 9.86. The Morgan fingerprint density at radius 2 is 2.00 bits per heavy atom. The molecular weight excluding hydrogens is 162 g/mol. The summed E-state index contributed by atoms with van der Waals surface area (Å²) in [7, 11) is 3.69. The van der Waals surface area contributed by atoms with Crippen LogP contribution in [0.15, 0.2) is 0 Å². The highest BCUT2D eigenvalue weighted by Crippen LogP contribution is 2.25. The van der Waals surface area contributed by atoms with Crippen molar-refractivity contribution in [1.82, 2.24) is 5.32 Å². The lowest BCUT2D eigenvalue weighted by molar-refractivity contribution is -0.0442. The summed E-state index contributed by atoms with van der Waals surface area (Å²) < 4.78 is 5.58. The van der Waals surface area contributed by atoms with Gasteiger partial charge in [0, 0.05) is 19.6 Å². The second kappa shape index (κ2) is 6.01. The van der Waals surface area contributed by atoms with Gasteiger partial charge < -0.3 is 10.1 Å². The number of terminal acetylenes is 1. The molecule has 0 bridgehead atoms. The van der Waals surface area contributed by atoms with Gasteiger partial charge in [0.05, 0.1) is 5.60 Å². The quantitative estimate of drug-likeness (QED) is 0.634. The number of likely N-dealkylation sites (N-methyl/N-ethyl adjacent to an activating group) is 1. The Labute approximate surface area is 82.1 Å². The zero-order chi connectivity index (χ0) is 10.3. The fourth-order valence-corrected chi connectivity index (χ4v) is 1.84. The number of methoxy groups -OCH3 is 1. The first-order valence-electron chi connectivity index (χ1n) is 4.86. The summed E-state index contributed by atoms with van der Waals surface area (Å²) in [5.74, 6) is 2.68. The normalized spacial score (nSPS) is 13.8. The van der Waals surface area contributed by atoms with E-state index in [1.807, 2.05) is 7.05 Å². The Hall–Kier alpha value is -0.520. The van der Waals surface area contributed by atoms with Crippen LogP contribution in [0.5, 0.6) is 0 Å². The molecule has 2 heteroatoms. The molecule has 0 aromatic heterocycles. The third kappa shape index (κ3) is 2.72. The van der Waals surface area contributed by atoms with Gasteiger partial charge in [0.15, 0.2) is 0 Å². The molecule has 1 atom stereocenters. The van der Waals surface area contributed by atoms with Crippen molar-refractivity contribution in [1.29, 1.82) is 0 Å². The SMILES string of the molecule is C#CCC(NC)C(CC)(CC)OC. The Kier molecular flexibility index (Phi) is 5.77. The van der Waals surface area contributed by atoms with Crippen molar-refractivity contribution in [2.24, 2.45) is 0 Å². The molecule has 76 valence electrons. The fraction of sp³-hybridized carbons (Fsp3) is 0.818. The van der Waals surface area contributed by atoms with Crippen LogP contribution < -0.4 is 5.32 Å². The molecule has 0 spiro atoms. The first-order chi connectivity index (χ1) is 6.20. The maximum atomic E-state index is 5.58. The van der Waals surface area contributed by atoms with Gasteiger partial charge in [-0.05, 0) is 19.9 Å². The van der Waals surface area contributed by atoms with Crippen LogP contribution in [0, 0.1) is 12.3 Å². The van der Waals surface area contributed by atoms with Gasteiger partial charge in [-0.25, -0.2) is 0 Å². The molecule has 0 aliphatic carbocycles. The number of hydrogen-bond donors (Lipinski definition) is 1. The predicted octanol–water partition coefficient (Wildman–Crippen LogP) is 1.80. The molecule has 0 radical (unpaired) electrons. The third-order valence-electron chi connectivity index (χ3n) is 2.91. The molecule has 0 rings (SSSR count). The second-order valence-electron chi connectivity index (χ2n) is 3.23. The molecule has 1 unspecified atom stereocenters. The Morgan fingerprint density at radius 3 is 2.23 bits per heavy atom. The van der Waals surface area contributed by atoms with Gasteiger partial charge in [-0.15, -0.1) is 12.3 Å². The summed E-state index contributed by atoms with van der Waals surface area (Å²) in [6.45, 7) is 4.27. The molecule has 0 heterocycles. The van der Waals surface area contributed by atoms with Crippen molar-refractivity contribution in [2.75, 3.05) is 14.2 Å². The standard InChI is InChI=1S/C11H21NO/c1-6-9-10(12-4)11(7-2,8-3)13-5/h1,10,12H,7-9H2,2-5H3. The summed E-state index contributed by atoms with van der Waals surface area (Å²) in [4.78, 5) is 0. The highest BCUT2D eigenvalue weighted by atomic mass is 16.5. The molecule has 0 saturated heterocycles. The van der Waals surface area contributed by atoms with E-state index >= 15 is 0 Å². The monoisotopic (exact) mass is 183 g/mol. The molecule has 0 fully saturated rings. The van der Waals surface area contributed by atoms with Crippen LogP contribution in [-0.2, 0) is 4.74 Å². The van der Waals surface area contributed by atoms with Crippen LogP contribution in [0.3, 0.4) is 0 Å². The van der Waals surface area contributed by atoms with Crippen LogP contribution in [0.1, 0.15) is 33.1 Å². The summed E-state index contributed by atoms with van der Waals surface area (Å²) >= 11 is 0. The smallest absolute Gasteiger partial charge is 0.0834 e. The van der Waals surface area contributed by atoms with Gasteiger partial charge in [0.2, 0.25) is 0 Å². The molecule has 0 aromatic rings. The van der Waals surface area contributed by atoms with E-state index in [1.165, 1.54) is 0 Å². The van der Waals surface area contributed by atoms with E-state index in [0.29, 0.717) is 6.42 Å². The summed E-state index contributed by atoms with van der Waals surface area (Å²) in [5, 5.41) is 3.23. The molecule has 0 aliphatic heterocycles. The van der Waals surface area contributed by atoms with Crippen LogP contribution in [-0.4, -0.2) is 25.8 Å². The number of hydrogen-bond acceptors (Lipinski definition) is 2. The molecule has 0 saturated carbocycles. The van der Waals surface area contributed by atoms with E-state index in [0.717, 1.165) is 12.8 Å². The minimum Gasteiger partial charge on any atom is -0.377 e. The first-order valence-corrected chi connectivity index (χ1v) is 4.86. The van der Waals surface area contributed by atoms with E-state index in [2.05, 4.69) is 25.1 Å². The van der Waals surface area contributed by atoms with Crippen molar-refractivity contribution >= 4 is 0 Å². The largest absolute Gasteiger partial charge is 0.377 e. The van der Waals surface area contributed by atoms with Gasteiger partial charge in [-0.1, -0.05) is 13.8 Å². The van der Waals surface area contributed by atoms with E-state index < -0.39 is 0 Å². The lowest BCUT2D eigenvalue weighted by Crippen LogP contribution is -2.50. The summed E-state index contributed by atoms with van der Waals surface area (Å²) in [6.07, 6.45) is 7.99. The average Bonchev–Trinajstić information content (AvgIpc) is 2.19. The highest BCUT2D eigenvalue weighted by Gasteiger charge is 2.33. The van der Waals surface area contributed by atoms with E-state index in [4.69, 9.17) is 11.2 Å². The van der Waals surface area contributed by atoms with Crippen molar-refractivity contribution in [3.8, 4) is 12.3 Å². The van der Waals surface area contributed by atoms with Gasteiger partial charge in [-0.3, -0.25) is 0 Å². The van der Waals surface area contributed by atoms with E-state index in [-0.39, 0.29) is 11.6 Å². The first kappa shape index (κ1) is 12.5. The minimum atomic E-state index is -0.110. The number of rotatable bonds is 6. The Balaban J connectivity index is 4.57. The van der Waals surface area contributed by atoms with E-state index in [1.54, 1.807) is 7.11 Å². The zero-order valence-electron chi connectivity index (χ0n) is 9.18. The van der Waals surface area contributed by atoms with Crippen molar-refractivity contribution < 1.29 is 4.74 Å². The molecule has 0 aliphatic rings. The van der Waals surface area contributed by atoms with Crippen molar-refractivity contribution in [2.45, 2.75) is 44.8 Å². The van der Waals surface area contributed by atoms with Crippen LogP contribution >= 0.6 is 0 Å². The molecule has 2 nitrogen and oxygen atoms in total. The topological polar surface area (TPSA) is 21.3 Å². The van der Waals surface area contributed by atoms with Crippen LogP contribution in [0.4, 0.5) is 0 Å². The number of ether oxygens (including phenoxy) is 1. The molecule has 0 aromatic carbocycles. The average molecular weight is 183 g/mol. The molecular formula is C11H21NO. The van der Waals surface area contributed by atoms with Gasteiger partial charge in [-0.2, -0.15) is 0 Å². The Morgan fingerprint density at radius 1 is 1.46 bits per heavy atom. The summed E-state index contributed by atoms with van der Waals surface area (Å²) in [6, 6.07) is 0.248. The molecule has 13 heavy (non-hydrogen) atoms. The minimum absolute atomic E-state index is 0.110. The lowest BCUT2D eigenvalue weighted by Gasteiger charge is -2.37. The van der Waals surface area contributed by atoms with Crippen LogP contribution in [0.2, 0.25) is 0 Å². The molecule has 1 N–H and O–H groups in total. The summed E-state index contributed by atoms with van der Waals surface area (Å²) in [5.41, 5.74) is -0.110. The van der Waals surface area contributed by atoms with Gasteiger partial charge in [0.25, 0.3) is 0 Å². The van der Waals surface area contributed by atoms with Crippen molar-refractivity contribution in [3.63, 3.8) is 0 Å². The van der Waals surface area contributed by atoms with Gasteiger partial charge >= 0.3 is 0 Å². The maximum absolute atomic E-state index is 5.58. The maximum Gasteiger partial charge on any atom is 0.0834 e. The van der Waals surface area contributed by atoms with Crippen LogP contribution in [0.25, 0.3) is 0 Å². The molecule has 0 amide bonds. The van der Waals surface area contributed by atoms with E-state index in [9.17, 15) is 0 Å². The second-order valence-corrected chi connectivity index (χ2v) is 3.23. The zero-order valence-corrected chi connectivity index (χ0v) is 9.18. The third-order valence-corrected chi connectivity index (χ3v) is 2.91. The van der Waals surface area contributed by atoms with Gasteiger partial charge in [0.1, 0.15) is 0 Å². The Bertz CT molecular complexity index is 159. The van der Waals surface area contributed by atoms with Crippen molar-refractivity contribution in [3.05, 3.63) is 0 Å². The predicted molar refractivity (Wildman–Crippen MR) is 56.6 cm³/mol. The highest BCUT2D eigenvalue weighted by molar-refractivity contribution is 4.99. The fourth-order valence-electron chi connectivity index (χ4n) is 1.84. The number of nitrogens with one attached hydrogen (secondary N) is 1.